The topological polar surface area (TPSA) is 72.7 Å². The van der Waals surface area contributed by atoms with Crippen LogP contribution in [0.25, 0.3) is 0 Å². The van der Waals surface area contributed by atoms with Crippen molar-refractivity contribution in [3.63, 3.8) is 0 Å². The van der Waals surface area contributed by atoms with E-state index >= 15 is 0 Å². The van der Waals surface area contributed by atoms with Crippen LogP contribution >= 0.6 is 0 Å². The summed E-state index contributed by atoms with van der Waals surface area (Å²) in [5.74, 6) is 0. The van der Waals surface area contributed by atoms with Crippen molar-refractivity contribution in [2.45, 2.75) is 19.2 Å². The van der Waals surface area contributed by atoms with Crippen LogP contribution in [-0.2, 0) is 0 Å². The molecule has 0 amide bonds. The van der Waals surface area contributed by atoms with Gasteiger partial charge in [-0.3, -0.25) is 5.32 Å². The molecule has 0 aliphatic carbocycles. The summed E-state index contributed by atoms with van der Waals surface area (Å²) in [7, 11) is 0. The van der Waals surface area contributed by atoms with Crippen molar-refractivity contribution >= 4 is 0 Å². The monoisotopic (exact) mass is 135 g/mol. The largest absolute Gasteiger partial charge is 0.395 e. The van der Waals surface area contributed by atoms with Crippen molar-refractivity contribution in [1.29, 1.82) is 0 Å². The molecule has 0 aromatic carbocycles. The lowest BCUT2D eigenvalue weighted by atomic mass is 10.3. The molecular formula is C5H13NO3. The highest BCUT2D eigenvalue weighted by Crippen LogP contribution is 1.81. The molecule has 1 atom stereocenters. The second kappa shape index (κ2) is 4.69. The molecule has 0 aliphatic rings. The summed E-state index contributed by atoms with van der Waals surface area (Å²) in [6.07, 6.45) is -0.686. The van der Waals surface area contributed by atoms with E-state index in [1.165, 1.54) is 6.92 Å². The maximum absolute atomic E-state index is 8.65. The molecule has 0 aromatic rings. The highest BCUT2D eigenvalue weighted by atomic mass is 16.3. The van der Waals surface area contributed by atoms with E-state index in [1.807, 2.05) is 0 Å². The molecule has 0 bridgehead atoms. The minimum absolute atomic E-state index is 0.165. The molecule has 4 N–H and O–H groups in total. The molecule has 0 aromatic heterocycles. The Balaban J connectivity index is 3.31. The van der Waals surface area contributed by atoms with Gasteiger partial charge in [-0.25, -0.2) is 0 Å². The Labute approximate surface area is 54.1 Å². The standard InChI is InChI=1S/C5H13NO3/c1-4(9)6-5(2-7)3-8/h4-9H,2-3H2,1H3. The molecule has 0 saturated heterocycles. The summed E-state index contributed by atoms with van der Waals surface area (Å²) in [5, 5.41) is 28.1. The molecule has 0 saturated carbocycles. The van der Waals surface area contributed by atoms with Crippen molar-refractivity contribution < 1.29 is 15.3 Å². The zero-order valence-corrected chi connectivity index (χ0v) is 5.41. The smallest absolute Gasteiger partial charge is 0.102 e. The SMILES string of the molecule is CC(O)NC(CO)CO. The second-order valence-electron chi connectivity index (χ2n) is 1.90. The van der Waals surface area contributed by atoms with E-state index in [0.717, 1.165) is 0 Å². The van der Waals surface area contributed by atoms with Crippen molar-refractivity contribution in [1.82, 2.24) is 5.32 Å². The van der Waals surface area contributed by atoms with Gasteiger partial charge in [0.2, 0.25) is 0 Å². The number of aliphatic hydroxyl groups is 3. The summed E-state index contributed by atoms with van der Waals surface area (Å²) in [4.78, 5) is 0. The molecule has 0 aliphatic heterocycles. The van der Waals surface area contributed by atoms with E-state index in [9.17, 15) is 0 Å². The van der Waals surface area contributed by atoms with Crippen molar-refractivity contribution in [3.8, 4) is 0 Å². The molecule has 0 rings (SSSR count). The van der Waals surface area contributed by atoms with Crippen LogP contribution < -0.4 is 5.32 Å². The normalized spacial score (nSPS) is 14.3. The van der Waals surface area contributed by atoms with Crippen LogP contribution in [0.5, 0.6) is 0 Å². The third kappa shape index (κ3) is 4.35. The zero-order valence-electron chi connectivity index (χ0n) is 5.41. The predicted octanol–water partition coefficient (Wildman–Crippen LogP) is -1.73. The first kappa shape index (κ1) is 8.84. The summed E-state index contributed by atoms with van der Waals surface area (Å²) in [5.41, 5.74) is 0. The molecular weight excluding hydrogens is 122 g/mol. The van der Waals surface area contributed by atoms with Gasteiger partial charge in [-0.15, -0.1) is 0 Å². The van der Waals surface area contributed by atoms with Crippen LogP contribution in [0, 0.1) is 0 Å². The number of hydrogen-bond donors (Lipinski definition) is 4. The van der Waals surface area contributed by atoms with Crippen LogP contribution in [0.2, 0.25) is 0 Å². The van der Waals surface area contributed by atoms with E-state index in [1.54, 1.807) is 0 Å². The second-order valence-corrected chi connectivity index (χ2v) is 1.90. The van der Waals surface area contributed by atoms with Gasteiger partial charge >= 0.3 is 0 Å². The predicted molar refractivity (Wildman–Crippen MR) is 32.8 cm³/mol. The van der Waals surface area contributed by atoms with E-state index in [4.69, 9.17) is 15.3 Å². The summed E-state index contributed by atoms with van der Waals surface area (Å²) in [6, 6.07) is -0.412. The fourth-order valence-electron chi connectivity index (χ4n) is 0.504. The first-order valence-electron chi connectivity index (χ1n) is 2.86. The number of hydrogen-bond acceptors (Lipinski definition) is 4. The van der Waals surface area contributed by atoms with Gasteiger partial charge in [-0.2, -0.15) is 0 Å². The van der Waals surface area contributed by atoms with Crippen molar-refractivity contribution in [2.24, 2.45) is 0 Å². The average molecular weight is 135 g/mol. The van der Waals surface area contributed by atoms with E-state index in [2.05, 4.69) is 5.32 Å². The van der Waals surface area contributed by atoms with Gasteiger partial charge in [0.05, 0.1) is 19.3 Å². The van der Waals surface area contributed by atoms with Crippen LogP contribution in [-0.4, -0.2) is 40.8 Å². The van der Waals surface area contributed by atoms with Gasteiger partial charge < -0.3 is 15.3 Å². The maximum Gasteiger partial charge on any atom is 0.102 e. The number of rotatable bonds is 4. The van der Waals surface area contributed by atoms with E-state index < -0.39 is 12.3 Å². The molecule has 0 fully saturated rings. The Morgan fingerprint density at radius 3 is 1.89 bits per heavy atom. The van der Waals surface area contributed by atoms with Crippen molar-refractivity contribution in [2.75, 3.05) is 13.2 Å². The van der Waals surface area contributed by atoms with Gasteiger partial charge in [-0.05, 0) is 6.92 Å². The lowest BCUT2D eigenvalue weighted by Crippen LogP contribution is -2.41. The quantitative estimate of drug-likeness (QED) is 0.346. The average Bonchev–Trinajstić information content (AvgIpc) is 1.82. The molecule has 0 heterocycles. The highest BCUT2D eigenvalue weighted by Gasteiger charge is 2.05. The lowest BCUT2D eigenvalue weighted by Gasteiger charge is -2.14. The Kier molecular flexibility index (Phi) is 4.61. The third-order valence-electron chi connectivity index (χ3n) is 0.918. The van der Waals surface area contributed by atoms with Crippen LogP contribution in [0.4, 0.5) is 0 Å². The molecule has 56 valence electrons. The van der Waals surface area contributed by atoms with Crippen LogP contribution in [0.1, 0.15) is 6.92 Å². The van der Waals surface area contributed by atoms with Gasteiger partial charge in [0.25, 0.3) is 0 Å². The fourth-order valence-corrected chi connectivity index (χ4v) is 0.504. The third-order valence-corrected chi connectivity index (χ3v) is 0.918. The fraction of sp³-hybridized carbons (Fsp3) is 1.00. The van der Waals surface area contributed by atoms with Gasteiger partial charge in [0, 0.05) is 0 Å². The van der Waals surface area contributed by atoms with Gasteiger partial charge in [-0.1, -0.05) is 0 Å². The Morgan fingerprint density at radius 1 is 1.33 bits per heavy atom. The minimum Gasteiger partial charge on any atom is -0.395 e. The van der Waals surface area contributed by atoms with Crippen molar-refractivity contribution in [3.05, 3.63) is 0 Å². The summed E-state index contributed by atoms with van der Waals surface area (Å²) < 4.78 is 0. The highest BCUT2D eigenvalue weighted by molar-refractivity contribution is 4.62. The van der Waals surface area contributed by atoms with Gasteiger partial charge in [0.15, 0.2) is 0 Å². The molecule has 4 nitrogen and oxygen atoms in total. The first-order valence-corrected chi connectivity index (χ1v) is 2.86. The van der Waals surface area contributed by atoms with Crippen LogP contribution in [0.3, 0.4) is 0 Å². The maximum atomic E-state index is 8.65. The molecule has 4 heteroatoms. The Bertz CT molecular complexity index is 63.2. The van der Waals surface area contributed by atoms with E-state index in [-0.39, 0.29) is 13.2 Å². The summed E-state index contributed by atoms with van der Waals surface area (Å²) in [6.45, 7) is 1.20. The lowest BCUT2D eigenvalue weighted by molar-refractivity contribution is 0.0928. The number of nitrogens with one attached hydrogen (secondary N) is 1. The Hall–Kier alpha value is -0.160. The molecule has 9 heavy (non-hydrogen) atoms. The first-order chi connectivity index (χ1) is 4.20. The molecule has 1 unspecified atom stereocenters. The molecule has 0 spiro atoms. The van der Waals surface area contributed by atoms with E-state index in [0.29, 0.717) is 0 Å². The summed E-state index contributed by atoms with van der Waals surface area (Å²) >= 11 is 0. The molecule has 0 radical (unpaired) electrons. The number of aliphatic hydroxyl groups excluding tert-OH is 3. The Morgan fingerprint density at radius 2 is 1.78 bits per heavy atom. The van der Waals surface area contributed by atoms with Crippen LogP contribution in [0.15, 0.2) is 0 Å². The minimum atomic E-state index is -0.686. The zero-order chi connectivity index (χ0) is 7.28. The van der Waals surface area contributed by atoms with Gasteiger partial charge in [0.1, 0.15) is 6.23 Å².